The standard InChI is InChI=1S/C9H14N4O2/c10-8-7(9(11)14)4-13(12-8)6-2-1-3-15-5-6/h4,6H,1-3,5H2,(H2,10,12)(H2,11,14). The third kappa shape index (κ3) is 1.94. The van der Waals surface area contributed by atoms with Gasteiger partial charge in [0.15, 0.2) is 5.82 Å². The fourth-order valence-corrected chi connectivity index (χ4v) is 1.71. The maximum atomic E-state index is 11.0. The van der Waals surface area contributed by atoms with Crippen LogP contribution in [0.3, 0.4) is 0 Å². The van der Waals surface area contributed by atoms with Crippen LogP contribution < -0.4 is 11.5 Å². The average Bonchev–Trinajstić information content (AvgIpc) is 2.62. The van der Waals surface area contributed by atoms with Gasteiger partial charge in [-0.1, -0.05) is 0 Å². The minimum absolute atomic E-state index is 0.161. The van der Waals surface area contributed by atoms with Gasteiger partial charge in [-0.15, -0.1) is 0 Å². The van der Waals surface area contributed by atoms with Crippen LogP contribution in [0.15, 0.2) is 6.20 Å². The van der Waals surface area contributed by atoms with Crippen LogP contribution in [0.5, 0.6) is 0 Å². The molecule has 0 radical (unpaired) electrons. The lowest BCUT2D eigenvalue weighted by Gasteiger charge is -2.22. The van der Waals surface area contributed by atoms with E-state index in [-0.39, 0.29) is 17.4 Å². The highest BCUT2D eigenvalue weighted by Crippen LogP contribution is 2.20. The molecule has 6 heteroatoms. The van der Waals surface area contributed by atoms with Gasteiger partial charge in [-0.3, -0.25) is 9.48 Å². The van der Waals surface area contributed by atoms with Gasteiger partial charge in [0.2, 0.25) is 0 Å². The van der Waals surface area contributed by atoms with Crippen molar-refractivity contribution in [3.8, 4) is 0 Å². The number of nitrogen functional groups attached to an aromatic ring is 1. The molecule has 15 heavy (non-hydrogen) atoms. The second-order valence-corrected chi connectivity index (χ2v) is 3.64. The smallest absolute Gasteiger partial charge is 0.254 e. The lowest BCUT2D eigenvalue weighted by molar-refractivity contribution is 0.0550. The number of nitrogens with zero attached hydrogens (tertiary/aromatic N) is 2. The topological polar surface area (TPSA) is 96.2 Å². The van der Waals surface area contributed by atoms with Crippen molar-refractivity contribution in [2.75, 3.05) is 18.9 Å². The van der Waals surface area contributed by atoms with E-state index in [0.717, 1.165) is 19.4 Å². The maximum absolute atomic E-state index is 11.0. The van der Waals surface area contributed by atoms with Crippen molar-refractivity contribution in [2.24, 2.45) is 5.73 Å². The first-order valence-corrected chi connectivity index (χ1v) is 4.90. The van der Waals surface area contributed by atoms with Gasteiger partial charge in [-0.25, -0.2) is 0 Å². The van der Waals surface area contributed by atoms with Crippen LogP contribution in [0.25, 0.3) is 0 Å². The lowest BCUT2D eigenvalue weighted by atomic mass is 10.1. The quantitative estimate of drug-likeness (QED) is 0.713. The highest BCUT2D eigenvalue weighted by molar-refractivity contribution is 5.96. The summed E-state index contributed by atoms with van der Waals surface area (Å²) in [6.45, 7) is 1.40. The van der Waals surface area contributed by atoms with Gasteiger partial charge in [0.05, 0.1) is 12.6 Å². The van der Waals surface area contributed by atoms with E-state index >= 15 is 0 Å². The van der Waals surface area contributed by atoms with Crippen molar-refractivity contribution in [3.05, 3.63) is 11.8 Å². The van der Waals surface area contributed by atoms with E-state index in [1.54, 1.807) is 10.9 Å². The minimum atomic E-state index is -0.546. The molecule has 0 aliphatic carbocycles. The molecule has 82 valence electrons. The third-order valence-corrected chi connectivity index (χ3v) is 2.54. The number of carbonyl (C=O) groups excluding carboxylic acids is 1. The number of carbonyl (C=O) groups is 1. The summed E-state index contributed by atoms with van der Waals surface area (Å²) < 4.78 is 7.00. The first-order valence-electron chi connectivity index (χ1n) is 4.90. The van der Waals surface area contributed by atoms with Crippen molar-refractivity contribution in [1.82, 2.24) is 9.78 Å². The molecule has 1 fully saturated rings. The predicted molar refractivity (Wildman–Crippen MR) is 54.2 cm³/mol. The maximum Gasteiger partial charge on any atom is 0.254 e. The molecule has 0 aromatic carbocycles. The Morgan fingerprint density at radius 1 is 1.67 bits per heavy atom. The number of anilines is 1. The number of nitrogens with two attached hydrogens (primary N) is 2. The monoisotopic (exact) mass is 210 g/mol. The highest BCUT2D eigenvalue weighted by atomic mass is 16.5. The number of rotatable bonds is 2. The van der Waals surface area contributed by atoms with Crippen LogP contribution >= 0.6 is 0 Å². The van der Waals surface area contributed by atoms with Gasteiger partial charge in [0, 0.05) is 12.8 Å². The Morgan fingerprint density at radius 2 is 2.47 bits per heavy atom. The number of aromatic nitrogens is 2. The Hall–Kier alpha value is -1.56. The molecular formula is C9H14N4O2. The zero-order valence-electron chi connectivity index (χ0n) is 8.35. The lowest BCUT2D eigenvalue weighted by Crippen LogP contribution is -2.21. The first kappa shape index (κ1) is 9.97. The van der Waals surface area contributed by atoms with Gasteiger partial charge in [0.25, 0.3) is 5.91 Å². The van der Waals surface area contributed by atoms with Crippen LogP contribution in [0.2, 0.25) is 0 Å². The van der Waals surface area contributed by atoms with E-state index < -0.39 is 5.91 Å². The van der Waals surface area contributed by atoms with Crippen LogP contribution in [0, 0.1) is 0 Å². The zero-order valence-corrected chi connectivity index (χ0v) is 8.35. The molecule has 0 bridgehead atoms. The summed E-state index contributed by atoms with van der Waals surface area (Å²) >= 11 is 0. The van der Waals surface area contributed by atoms with Crippen molar-refractivity contribution >= 4 is 11.7 Å². The summed E-state index contributed by atoms with van der Waals surface area (Å²) in [4.78, 5) is 11.0. The Kier molecular flexibility index (Phi) is 2.59. The van der Waals surface area contributed by atoms with Gasteiger partial charge < -0.3 is 16.2 Å². The molecular weight excluding hydrogens is 196 g/mol. The van der Waals surface area contributed by atoms with E-state index in [1.165, 1.54) is 0 Å². The minimum Gasteiger partial charge on any atom is -0.382 e. The molecule has 1 aliphatic heterocycles. The molecule has 2 heterocycles. The molecule has 0 saturated carbocycles. The SMILES string of the molecule is NC(=O)c1cn(C2CCCOC2)nc1N. The van der Waals surface area contributed by atoms with E-state index in [1.807, 2.05) is 0 Å². The van der Waals surface area contributed by atoms with E-state index in [2.05, 4.69) is 5.10 Å². The molecule has 0 spiro atoms. The molecule has 1 aliphatic rings. The largest absolute Gasteiger partial charge is 0.382 e. The van der Waals surface area contributed by atoms with Crippen LogP contribution in [0.4, 0.5) is 5.82 Å². The van der Waals surface area contributed by atoms with Crippen LogP contribution in [0.1, 0.15) is 29.2 Å². The summed E-state index contributed by atoms with van der Waals surface area (Å²) in [5.41, 5.74) is 11.0. The highest BCUT2D eigenvalue weighted by Gasteiger charge is 2.19. The van der Waals surface area contributed by atoms with Crippen molar-refractivity contribution in [3.63, 3.8) is 0 Å². The Balaban J connectivity index is 2.21. The van der Waals surface area contributed by atoms with E-state index in [4.69, 9.17) is 16.2 Å². The van der Waals surface area contributed by atoms with Crippen molar-refractivity contribution in [1.29, 1.82) is 0 Å². The normalized spacial score (nSPS) is 21.5. The summed E-state index contributed by atoms with van der Waals surface area (Å²) in [6.07, 6.45) is 3.58. The van der Waals surface area contributed by atoms with E-state index in [9.17, 15) is 4.79 Å². The zero-order chi connectivity index (χ0) is 10.8. The van der Waals surface area contributed by atoms with Crippen LogP contribution in [-0.2, 0) is 4.74 Å². The summed E-state index contributed by atoms with van der Waals surface area (Å²) in [5, 5.41) is 4.07. The van der Waals surface area contributed by atoms with Gasteiger partial charge >= 0.3 is 0 Å². The first-order chi connectivity index (χ1) is 7.18. The number of hydrogen-bond donors (Lipinski definition) is 2. The third-order valence-electron chi connectivity index (χ3n) is 2.54. The molecule has 1 aromatic heterocycles. The van der Waals surface area contributed by atoms with Gasteiger partial charge in [-0.2, -0.15) is 5.10 Å². The summed E-state index contributed by atoms with van der Waals surface area (Å²) in [5.74, 6) is -0.358. The molecule has 1 saturated heterocycles. The van der Waals surface area contributed by atoms with Gasteiger partial charge in [0.1, 0.15) is 5.56 Å². The molecule has 1 amide bonds. The molecule has 6 nitrogen and oxygen atoms in total. The second kappa shape index (κ2) is 3.90. The second-order valence-electron chi connectivity index (χ2n) is 3.64. The summed E-state index contributed by atoms with van der Waals surface area (Å²) in [7, 11) is 0. The van der Waals surface area contributed by atoms with Crippen LogP contribution in [-0.4, -0.2) is 28.9 Å². The Morgan fingerprint density at radius 3 is 3.00 bits per heavy atom. The molecule has 2 rings (SSSR count). The fraction of sp³-hybridized carbons (Fsp3) is 0.556. The molecule has 1 unspecified atom stereocenters. The molecule has 1 atom stereocenters. The Labute approximate surface area is 87.2 Å². The Bertz CT molecular complexity index is 368. The predicted octanol–water partition coefficient (Wildman–Crippen LogP) is -0.0843. The fourth-order valence-electron chi connectivity index (χ4n) is 1.71. The van der Waals surface area contributed by atoms with Crippen molar-refractivity contribution < 1.29 is 9.53 Å². The average molecular weight is 210 g/mol. The number of hydrogen-bond acceptors (Lipinski definition) is 4. The van der Waals surface area contributed by atoms with Gasteiger partial charge in [-0.05, 0) is 12.8 Å². The number of amides is 1. The summed E-state index contributed by atoms with van der Waals surface area (Å²) in [6, 6.07) is 0.161. The van der Waals surface area contributed by atoms with Crippen molar-refractivity contribution in [2.45, 2.75) is 18.9 Å². The molecule has 4 N–H and O–H groups in total. The number of primary amides is 1. The van der Waals surface area contributed by atoms with E-state index in [0.29, 0.717) is 6.61 Å². The molecule has 1 aromatic rings. The number of ether oxygens (including phenoxy) is 1.